The molecule has 4 heteroatoms. The molecule has 0 saturated carbocycles. The maximum absolute atomic E-state index is 10.9. The number of carbonyl (C=O) groups is 2. The molecule has 4 nitrogen and oxygen atoms in total. The van der Waals surface area contributed by atoms with Gasteiger partial charge in [0.05, 0.1) is 11.6 Å². The molecule has 1 aliphatic rings. The maximum Gasteiger partial charge on any atom is 0.147 e. The highest BCUT2D eigenvalue weighted by Gasteiger charge is 2.24. The van der Waals surface area contributed by atoms with Crippen LogP contribution in [0.1, 0.15) is 19.3 Å². The van der Waals surface area contributed by atoms with Gasteiger partial charge in [0, 0.05) is 18.0 Å². The molecule has 0 N–H and O–H groups in total. The van der Waals surface area contributed by atoms with Gasteiger partial charge in [0.15, 0.2) is 0 Å². The molecule has 0 amide bonds. The molecule has 15 heavy (non-hydrogen) atoms. The first-order chi connectivity index (χ1) is 7.36. The van der Waals surface area contributed by atoms with Crippen molar-refractivity contribution in [1.82, 2.24) is 9.78 Å². The normalized spacial score (nSPS) is 21.5. The van der Waals surface area contributed by atoms with Gasteiger partial charge in [-0.3, -0.25) is 4.79 Å². The van der Waals surface area contributed by atoms with Crippen LogP contribution in [0, 0.1) is 5.92 Å². The molecule has 2 rings (SSSR count). The Labute approximate surface area is 87.6 Å². The fraction of sp³-hybridized carbons (Fsp3) is 0.364. The number of rotatable bonds is 3. The molecule has 0 spiro atoms. The number of aldehydes is 2. The van der Waals surface area contributed by atoms with Crippen LogP contribution in [0.4, 0.5) is 0 Å². The Hall–Kier alpha value is -1.71. The lowest BCUT2D eigenvalue weighted by Crippen LogP contribution is -2.18. The van der Waals surface area contributed by atoms with Crippen LogP contribution in [0.25, 0.3) is 5.70 Å². The van der Waals surface area contributed by atoms with E-state index in [4.69, 9.17) is 0 Å². The monoisotopic (exact) mass is 204 g/mol. The summed E-state index contributed by atoms with van der Waals surface area (Å²) < 4.78 is 1.63. The molecule has 0 bridgehead atoms. The molecular weight excluding hydrogens is 192 g/mol. The minimum Gasteiger partial charge on any atom is -0.303 e. The highest BCUT2D eigenvalue weighted by atomic mass is 16.1. The number of nitrogens with zero attached hydrogens (tertiary/aromatic N) is 2. The molecule has 0 saturated heterocycles. The first-order valence-corrected chi connectivity index (χ1v) is 5.00. The van der Waals surface area contributed by atoms with Gasteiger partial charge in [-0.2, -0.15) is 5.10 Å². The Kier molecular flexibility index (Phi) is 2.76. The molecule has 1 aromatic heterocycles. The topological polar surface area (TPSA) is 52.0 Å². The first-order valence-electron chi connectivity index (χ1n) is 5.00. The van der Waals surface area contributed by atoms with Crippen LogP contribution >= 0.6 is 0 Å². The fourth-order valence-electron chi connectivity index (χ4n) is 2.00. The Morgan fingerprint density at radius 1 is 1.47 bits per heavy atom. The van der Waals surface area contributed by atoms with Crippen molar-refractivity contribution in [2.75, 3.05) is 0 Å². The number of hydrogen-bond donors (Lipinski definition) is 0. The molecule has 0 radical (unpaired) electrons. The summed E-state index contributed by atoms with van der Waals surface area (Å²) >= 11 is 0. The van der Waals surface area contributed by atoms with Gasteiger partial charge in [-0.15, -0.1) is 0 Å². The summed E-state index contributed by atoms with van der Waals surface area (Å²) in [5.74, 6) is -0.196. The lowest BCUT2D eigenvalue weighted by Gasteiger charge is -2.22. The second-order valence-electron chi connectivity index (χ2n) is 3.61. The summed E-state index contributed by atoms with van der Waals surface area (Å²) in [6, 6.07) is 1.78. The van der Waals surface area contributed by atoms with Gasteiger partial charge in [-0.1, -0.05) is 0 Å². The van der Waals surface area contributed by atoms with Gasteiger partial charge >= 0.3 is 0 Å². The second kappa shape index (κ2) is 4.21. The van der Waals surface area contributed by atoms with E-state index in [1.165, 1.54) is 0 Å². The number of carbonyl (C=O) groups excluding carboxylic acids is 2. The third-order valence-corrected chi connectivity index (χ3v) is 2.70. The summed E-state index contributed by atoms with van der Waals surface area (Å²) in [4.78, 5) is 21.8. The first kappa shape index (κ1) is 9.83. The van der Waals surface area contributed by atoms with Gasteiger partial charge in [-0.25, -0.2) is 4.68 Å². The summed E-state index contributed by atoms with van der Waals surface area (Å²) in [6.45, 7) is 0. The standard InChI is InChI=1S/C11H12N2O2/c14-7-9-3-1-4-10(8-15)11(9)13-6-2-5-12-13/h2,5-9H,1,3-4H2. The predicted octanol–water partition coefficient (Wildman–Crippen LogP) is 1.29. The van der Waals surface area contributed by atoms with Crippen LogP contribution in [0.3, 0.4) is 0 Å². The average Bonchev–Trinajstić information content (AvgIpc) is 2.81. The molecule has 1 unspecified atom stereocenters. The molecule has 0 aliphatic heterocycles. The Morgan fingerprint density at radius 2 is 2.33 bits per heavy atom. The largest absolute Gasteiger partial charge is 0.303 e. The highest BCUT2D eigenvalue weighted by Crippen LogP contribution is 2.30. The van der Waals surface area contributed by atoms with Gasteiger partial charge in [-0.05, 0) is 25.3 Å². The average molecular weight is 204 g/mol. The molecule has 1 heterocycles. The fourth-order valence-corrected chi connectivity index (χ4v) is 2.00. The zero-order valence-corrected chi connectivity index (χ0v) is 8.30. The van der Waals surface area contributed by atoms with E-state index in [-0.39, 0.29) is 5.92 Å². The minimum atomic E-state index is -0.196. The lowest BCUT2D eigenvalue weighted by atomic mass is 9.88. The molecule has 0 fully saturated rings. The Bertz CT molecular complexity index is 393. The SMILES string of the molecule is O=CC1=C(n2cccn2)C(C=O)CCC1. The number of aromatic nitrogens is 2. The molecule has 0 aromatic carbocycles. The van der Waals surface area contributed by atoms with Crippen molar-refractivity contribution < 1.29 is 9.59 Å². The van der Waals surface area contributed by atoms with Gasteiger partial charge in [0.25, 0.3) is 0 Å². The summed E-state index contributed by atoms with van der Waals surface area (Å²) in [5.41, 5.74) is 1.44. The lowest BCUT2D eigenvalue weighted by molar-refractivity contribution is -0.110. The van der Waals surface area contributed by atoms with Crippen molar-refractivity contribution >= 4 is 18.3 Å². The van der Waals surface area contributed by atoms with Crippen molar-refractivity contribution in [1.29, 1.82) is 0 Å². The molecule has 1 aromatic rings. The third kappa shape index (κ3) is 1.75. The second-order valence-corrected chi connectivity index (χ2v) is 3.61. The molecule has 78 valence electrons. The zero-order chi connectivity index (χ0) is 10.7. The predicted molar refractivity (Wildman–Crippen MR) is 54.9 cm³/mol. The number of allylic oxidation sites excluding steroid dienone is 2. The molecular formula is C11H12N2O2. The Morgan fingerprint density at radius 3 is 2.93 bits per heavy atom. The minimum absolute atomic E-state index is 0.196. The molecule has 1 aliphatic carbocycles. The van der Waals surface area contributed by atoms with E-state index in [0.29, 0.717) is 5.57 Å². The summed E-state index contributed by atoms with van der Waals surface area (Å²) in [7, 11) is 0. The van der Waals surface area contributed by atoms with E-state index in [9.17, 15) is 9.59 Å². The van der Waals surface area contributed by atoms with Crippen molar-refractivity contribution in [2.24, 2.45) is 5.92 Å². The van der Waals surface area contributed by atoms with E-state index in [1.54, 1.807) is 23.1 Å². The van der Waals surface area contributed by atoms with Crippen LogP contribution in [0.15, 0.2) is 24.0 Å². The van der Waals surface area contributed by atoms with Crippen molar-refractivity contribution in [2.45, 2.75) is 19.3 Å². The maximum atomic E-state index is 10.9. The summed E-state index contributed by atoms with van der Waals surface area (Å²) in [5, 5.41) is 4.08. The molecule has 1 atom stereocenters. The van der Waals surface area contributed by atoms with Crippen molar-refractivity contribution in [3.63, 3.8) is 0 Å². The van der Waals surface area contributed by atoms with Crippen LogP contribution in [-0.2, 0) is 9.59 Å². The third-order valence-electron chi connectivity index (χ3n) is 2.70. The summed E-state index contributed by atoms with van der Waals surface area (Å²) in [6.07, 6.45) is 7.58. The zero-order valence-electron chi connectivity index (χ0n) is 8.30. The van der Waals surface area contributed by atoms with E-state index in [2.05, 4.69) is 5.10 Å². The van der Waals surface area contributed by atoms with Crippen LogP contribution in [0.2, 0.25) is 0 Å². The van der Waals surface area contributed by atoms with E-state index in [1.807, 2.05) is 0 Å². The van der Waals surface area contributed by atoms with E-state index < -0.39 is 0 Å². The van der Waals surface area contributed by atoms with Crippen LogP contribution < -0.4 is 0 Å². The van der Waals surface area contributed by atoms with Crippen molar-refractivity contribution in [3.8, 4) is 0 Å². The van der Waals surface area contributed by atoms with Gasteiger partial charge in [0.1, 0.15) is 12.6 Å². The van der Waals surface area contributed by atoms with E-state index in [0.717, 1.165) is 37.5 Å². The number of hydrogen-bond acceptors (Lipinski definition) is 3. The van der Waals surface area contributed by atoms with E-state index >= 15 is 0 Å². The Balaban J connectivity index is 2.48. The smallest absolute Gasteiger partial charge is 0.147 e. The quantitative estimate of drug-likeness (QED) is 0.697. The van der Waals surface area contributed by atoms with Crippen LogP contribution in [-0.4, -0.2) is 22.4 Å². The highest BCUT2D eigenvalue weighted by molar-refractivity contribution is 5.88. The van der Waals surface area contributed by atoms with Crippen molar-refractivity contribution in [3.05, 3.63) is 24.0 Å². The van der Waals surface area contributed by atoms with Gasteiger partial charge in [0.2, 0.25) is 0 Å². The van der Waals surface area contributed by atoms with Gasteiger partial charge < -0.3 is 4.79 Å². The van der Waals surface area contributed by atoms with Crippen LogP contribution in [0.5, 0.6) is 0 Å².